The number of nitrogens with zero attached hydrogens (tertiary/aromatic N) is 1. The monoisotopic (exact) mass is 372 g/mol. The number of anilines is 1. The number of benzene rings is 1. The van der Waals surface area contributed by atoms with Crippen LogP contribution in [0.15, 0.2) is 41.8 Å². The summed E-state index contributed by atoms with van der Waals surface area (Å²) >= 11 is 1.55. The van der Waals surface area contributed by atoms with Crippen molar-refractivity contribution in [3.8, 4) is 11.5 Å². The van der Waals surface area contributed by atoms with Gasteiger partial charge in [-0.05, 0) is 36.6 Å². The number of carbonyl (C=O) groups excluding carboxylic acids is 2. The number of likely N-dealkylation sites (N-methyl/N-ethyl adjacent to an activating group) is 1. The Morgan fingerprint density at radius 3 is 2.77 bits per heavy atom. The first kappa shape index (κ1) is 18.0. The molecule has 6 nitrogen and oxygen atoms in total. The first-order chi connectivity index (χ1) is 12.7. The van der Waals surface area contributed by atoms with Gasteiger partial charge in [-0.1, -0.05) is 6.07 Å². The predicted octanol–water partition coefficient (Wildman–Crippen LogP) is 3.02. The lowest BCUT2D eigenvalue weighted by Gasteiger charge is -2.20. The third-order valence-electron chi connectivity index (χ3n) is 3.79. The summed E-state index contributed by atoms with van der Waals surface area (Å²) in [4.78, 5) is 27.0. The molecule has 0 bridgehead atoms. The second kappa shape index (κ2) is 8.53. The van der Waals surface area contributed by atoms with Gasteiger partial charge in [-0.15, -0.1) is 11.3 Å². The van der Waals surface area contributed by atoms with Crippen molar-refractivity contribution in [3.63, 3.8) is 0 Å². The molecule has 2 aromatic rings. The van der Waals surface area contributed by atoms with E-state index in [-0.39, 0.29) is 18.4 Å². The molecule has 2 amide bonds. The van der Waals surface area contributed by atoms with Crippen molar-refractivity contribution >= 4 is 34.9 Å². The van der Waals surface area contributed by atoms with Crippen LogP contribution in [0.3, 0.4) is 0 Å². The van der Waals surface area contributed by atoms with Gasteiger partial charge in [0.2, 0.25) is 11.8 Å². The minimum absolute atomic E-state index is 0.0153. The van der Waals surface area contributed by atoms with Crippen molar-refractivity contribution < 1.29 is 19.1 Å². The third-order valence-corrected chi connectivity index (χ3v) is 4.62. The van der Waals surface area contributed by atoms with Crippen molar-refractivity contribution in [2.75, 3.05) is 31.6 Å². The summed E-state index contributed by atoms with van der Waals surface area (Å²) in [5.41, 5.74) is 0.608. The number of rotatable bonds is 6. The number of carbonyl (C=O) groups is 2. The van der Waals surface area contributed by atoms with Crippen LogP contribution in [0, 0.1) is 0 Å². The molecular formula is C19H20N2O4S. The van der Waals surface area contributed by atoms with Gasteiger partial charge in [-0.2, -0.15) is 0 Å². The van der Waals surface area contributed by atoms with Gasteiger partial charge < -0.3 is 19.7 Å². The maximum absolute atomic E-state index is 12.3. The van der Waals surface area contributed by atoms with Crippen LogP contribution in [-0.2, 0) is 9.59 Å². The second-order valence-corrected chi connectivity index (χ2v) is 6.59. The number of fused-ring (bicyclic) bond motifs is 1. The van der Waals surface area contributed by atoms with Crippen LogP contribution >= 0.6 is 11.3 Å². The topological polar surface area (TPSA) is 67.9 Å². The Balaban J connectivity index is 1.58. The molecule has 0 spiro atoms. The van der Waals surface area contributed by atoms with Crippen LogP contribution in [0.2, 0.25) is 0 Å². The fourth-order valence-corrected chi connectivity index (χ4v) is 3.10. The van der Waals surface area contributed by atoms with Crippen LogP contribution in [0.5, 0.6) is 11.5 Å². The van der Waals surface area contributed by atoms with Crippen molar-refractivity contribution in [3.05, 3.63) is 46.7 Å². The lowest BCUT2D eigenvalue weighted by Crippen LogP contribution is -2.36. The van der Waals surface area contributed by atoms with Gasteiger partial charge in [-0.3, -0.25) is 9.59 Å². The zero-order valence-electron chi connectivity index (χ0n) is 14.4. The average molecular weight is 372 g/mol. The zero-order valence-corrected chi connectivity index (χ0v) is 15.3. The van der Waals surface area contributed by atoms with E-state index >= 15 is 0 Å². The molecule has 3 rings (SSSR count). The molecule has 1 aromatic carbocycles. The molecule has 0 saturated carbocycles. The van der Waals surface area contributed by atoms with Crippen LogP contribution in [-0.4, -0.2) is 43.0 Å². The first-order valence-electron chi connectivity index (χ1n) is 8.35. The smallest absolute Gasteiger partial charge is 0.247 e. The van der Waals surface area contributed by atoms with E-state index in [2.05, 4.69) is 5.32 Å². The third kappa shape index (κ3) is 4.64. The minimum atomic E-state index is -0.263. The molecule has 26 heavy (non-hydrogen) atoms. The maximum atomic E-state index is 12.3. The number of amides is 2. The van der Waals surface area contributed by atoms with Crippen molar-refractivity contribution in [2.24, 2.45) is 0 Å². The van der Waals surface area contributed by atoms with Gasteiger partial charge in [0.1, 0.15) is 19.8 Å². The SMILES string of the molecule is CCN(CC(=O)Nc1ccc2c(c1)OCCO2)C(=O)/C=C/c1cccs1. The van der Waals surface area contributed by atoms with Crippen molar-refractivity contribution in [2.45, 2.75) is 6.92 Å². The number of nitrogens with one attached hydrogen (secondary N) is 1. The van der Waals surface area contributed by atoms with Crippen LogP contribution in [0.1, 0.15) is 11.8 Å². The molecule has 136 valence electrons. The van der Waals surface area contributed by atoms with Crippen molar-refractivity contribution in [1.29, 1.82) is 0 Å². The lowest BCUT2D eigenvalue weighted by molar-refractivity contribution is -0.130. The van der Waals surface area contributed by atoms with E-state index in [9.17, 15) is 9.59 Å². The summed E-state index contributed by atoms with van der Waals surface area (Å²) in [5, 5.41) is 4.74. The number of hydrogen-bond donors (Lipinski definition) is 1. The number of ether oxygens (including phenoxy) is 2. The largest absolute Gasteiger partial charge is 0.486 e. The predicted molar refractivity (Wildman–Crippen MR) is 102 cm³/mol. The van der Waals surface area contributed by atoms with Crippen LogP contribution < -0.4 is 14.8 Å². The Morgan fingerprint density at radius 2 is 2.04 bits per heavy atom. The fraction of sp³-hybridized carbons (Fsp3) is 0.263. The molecule has 0 fully saturated rings. The average Bonchev–Trinajstić information content (AvgIpc) is 3.17. The molecule has 0 saturated heterocycles. The molecule has 1 aliphatic rings. The highest BCUT2D eigenvalue weighted by atomic mass is 32.1. The Kier molecular flexibility index (Phi) is 5.91. The molecule has 1 aliphatic heterocycles. The highest BCUT2D eigenvalue weighted by molar-refractivity contribution is 7.10. The lowest BCUT2D eigenvalue weighted by atomic mass is 10.2. The summed E-state index contributed by atoms with van der Waals surface area (Å²) in [6, 6.07) is 9.09. The van der Waals surface area contributed by atoms with Crippen molar-refractivity contribution in [1.82, 2.24) is 4.90 Å². The van der Waals surface area contributed by atoms with Gasteiger partial charge in [0, 0.05) is 29.3 Å². The fourth-order valence-electron chi connectivity index (χ4n) is 2.49. The molecule has 0 atom stereocenters. The molecular weight excluding hydrogens is 352 g/mol. The Labute approximate surface area is 156 Å². The molecule has 0 aliphatic carbocycles. The summed E-state index contributed by atoms with van der Waals surface area (Å²) in [6.07, 6.45) is 3.25. The van der Waals surface area contributed by atoms with E-state index in [1.165, 1.54) is 11.0 Å². The Bertz CT molecular complexity index is 802. The molecule has 0 radical (unpaired) electrons. The highest BCUT2D eigenvalue weighted by Gasteiger charge is 2.16. The van der Waals surface area contributed by atoms with E-state index < -0.39 is 0 Å². The van der Waals surface area contributed by atoms with Crippen LogP contribution in [0.25, 0.3) is 6.08 Å². The Morgan fingerprint density at radius 1 is 1.23 bits per heavy atom. The minimum Gasteiger partial charge on any atom is -0.486 e. The summed E-state index contributed by atoms with van der Waals surface area (Å²) in [7, 11) is 0. The summed E-state index contributed by atoms with van der Waals surface area (Å²) in [5.74, 6) is 0.814. The molecule has 7 heteroatoms. The zero-order chi connectivity index (χ0) is 18.4. The van der Waals surface area contributed by atoms with E-state index in [0.29, 0.717) is 36.9 Å². The number of hydrogen-bond acceptors (Lipinski definition) is 5. The Hall–Kier alpha value is -2.80. The van der Waals surface area contributed by atoms with E-state index in [1.54, 1.807) is 35.6 Å². The second-order valence-electron chi connectivity index (χ2n) is 5.61. The van der Waals surface area contributed by atoms with Gasteiger partial charge >= 0.3 is 0 Å². The van der Waals surface area contributed by atoms with Gasteiger partial charge in [-0.25, -0.2) is 0 Å². The molecule has 1 N–H and O–H groups in total. The van der Waals surface area contributed by atoms with Gasteiger partial charge in [0.05, 0.1) is 0 Å². The first-order valence-corrected chi connectivity index (χ1v) is 9.23. The number of thiophene rings is 1. The summed E-state index contributed by atoms with van der Waals surface area (Å²) in [6.45, 7) is 3.28. The molecule has 2 heterocycles. The van der Waals surface area contributed by atoms with E-state index in [1.807, 2.05) is 24.4 Å². The quantitative estimate of drug-likeness (QED) is 0.792. The molecule has 1 aromatic heterocycles. The normalized spacial score (nSPS) is 12.8. The maximum Gasteiger partial charge on any atom is 0.247 e. The highest BCUT2D eigenvalue weighted by Crippen LogP contribution is 2.32. The van der Waals surface area contributed by atoms with Gasteiger partial charge in [0.25, 0.3) is 0 Å². The summed E-state index contributed by atoms with van der Waals surface area (Å²) < 4.78 is 11.0. The van der Waals surface area contributed by atoms with Gasteiger partial charge in [0.15, 0.2) is 11.5 Å². The van der Waals surface area contributed by atoms with Crippen LogP contribution in [0.4, 0.5) is 5.69 Å². The van der Waals surface area contributed by atoms with E-state index in [0.717, 1.165) is 4.88 Å². The van der Waals surface area contributed by atoms with E-state index in [4.69, 9.17) is 9.47 Å². The molecule has 0 unspecified atom stereocenters. The standard InChI is InChI=1S/C19H20N2O4S/c1-2-21(19(23)8-6-15-4-3-11-26-15)13-18(22)20-14-5-7-16-17(12-14)25-10-9-24-16/h3-8,11-12H,2,9-10,13H2,1H3,(H,20,22)/b8-6+.